The fourth-order valence-electron chi connectivity index (χ4n) is 4.06. The predicted molar refractivity (Wildman–Crippen MR) is 129 cm³/mol. The number of ether oxygens (including phenoxy) is 1. The Hall–Kier alpha value is -3.77. The lowest BCUT2D eigenvalue weighted by Gasteiger charge is -2.08. The summed E-state index contributed by atoms with van der Waals surface area (Å²) in [5, 5.41) is 10.2. The summed E-state index contributed by atoms with van der Waals surface area (Å²) >= 11 is 6.19. The third-order valence-corrected chi connectivity index (χ3v) is 6.01. The Morgan fingerprint density at radius 1 is 1.00 bits per heavy atom. The molecule has 0 atom stereocenters. The van der Waals surface area contributed by atoms with Crippen LogP contribution >= 0.6 is 11.6 Å². The fourth-order valence-corrected chi connectivity index (χ4v) is 4.32. The molecule has 6 nitrogen and oxygen atoms in total. The topological polar surface area (TPSA) is 61.1 Å². The number of aryl methyl sites for hydroxylation is 2. The average Bonchev–Trinajstić information content (AvgIpc) is 3.30. The van der Waals surface area contributed by atoms with Crippen molar-refractivity contribution in [2.24, 2.45) is 14.1 Å². The van der Waals surface area contributed by atoms with Gasteiger partial charge in [-0.05, 0) is 48.5 Å². The van der Waals surface area contributed by atoms with Gasteiger partial charge in [0.1, 0.15) is 11.4 Å². The molecule has 32 heavy (non-hydrogen) atoms. The van der Waals surface area contributed by atoms with Gasteiger partial charge in [-0.1, -0.05) is 29.8 Å². The third-order valence-electron chi connectivity index (χ3n) is 5.72. The van der Waals surface area contributed by atoms with Crippen LogP contribution in [0.3, 0.4) is 0 Å². The number of methoxy groups -OCH3 is 1. The van der Waals surface area contributed by atoms with Gasteiger partial charge in [0.2, 0.25) is 0 Å². The molecule has 5 aromatic rings. The highest BCUT2D eigenvalue weighted by Crippen LogP contribution is 2.33. The lowest BCUT2D eigenvalue weighted by molar-refractivity contribution is 0.102. The van der Waals surface area contributed by atoms with E-state index >= 15 is 0 Å². The van der Waals surface area contributed by atoms with E-state index in [0.717, 1.165) is 33.2 Å². The largest absolute Gasteiger partial charge is 0.495 e. The smallest absolute Gasteiger partial charge is 0.255 e. The van der Waals surface area contributed by atoms with Crippen LogP contribution in [0.15, 0.2) is 66.7 Å². The van der Waals surface area contributed by atoms with E-state index in [1.807, 2.05) is 43.0 Å². The van der Waals surface area contributed by atoms with Gasteiger partial charge < -0.3 is 14.6 Å². The van der Waals surface area contributed by atoms with Gasteiger partial charge in [-0.2, -0.15) is 5.10 Å². The van der Waals surface area contributed by atoms with E-state index in [1.54, 1.807) is 31.4 Å². The Kier molecular flexibility index (Phi) is 4.87. The molecule has 7 heteroatoms. The number of halogens is 1. The van der Waals surface area contributed by atoms with Crippen molar-refractivity contribution in [3.8, 4) is 17.1 Å². The van der Waals surface area contributed by atoms with Crippen LogP contribution < -0.4 is 10.1 Å². The molecule has 0 aliphatic carbocycles. The van der Waals surface area contributed by atoms with Crippen molar-refractivity contribution in [1.82, 2.24) is 14.3 Å². The molecule has 0 saturated heterocycles. The number of rotatable bonds is 4. The summed E-state index contributed by atoms with van der Waals surface area (Å²) in [4.78, 5) is 13.0. The summed E-state index contributed by atoms with van der Waals surface area (Å²) in [7, 11) is 5.49. The van der Waals surface area contributed by atoms with Crippen LogP contribution in [0.5, 0.6) is 5.75 Å². The molecule has 5 rings (SSSR count). The molecule has 1 N–H and O–H groups in total. The number of nitrogens with one attached hydrogen (secondary N) is 1. The Morgan fingerprint density at radius 2 is 1.81 bits per heavy atom. The van der Waals surface area contributed by atoms with E-state index < -0.39 is 0 Å². The van der Waals surface area contributed by atoms with Crippen molar-refractivity contribution in [3.63, 3.8) is 0 Å². The van der Waals surface area contributed by atoms with Gasteiger partial charge in [0.05, 0.1) is 23.3 Å². The summed E-state index contributed by atoms with van der Waals surface area (Å²) in [6.07, 6.45) is 0. The van der Waals surface area contributed by atoms with E-state index in [1.165, 1.54) is 0 Å². The Labute approximate surface area is 190 Å². The number of aromatic nitrogens is 3. The van der Waals surface area contributed by atoms with Gasteiger partial charge in [0.15, 0.2) is 0 Å². The van der Waals surface area contributed by atoms with E-state index in [4.69, 9.17) is 21.4 Å². The van der Waals surface area contributed by atoms with Gasteiger partial charge >= 0.3 is 0 Å². The van der Waals surface area contributed by atoms with Crippen LogP contribution in [-0.4, -0.2) is 27.4 Å². The normalized spacial score (nSPS) is 11.2. The second-order valence-electron chi connectivity index (χ2n) is 7.66. The zero-order chi connectivity index (χ0) is 22.4. The second-order valence-corrected chi connectivity index (χ2v) is 8.06. The first-order chi connectivity index (χ1) is 15.5. The van der Waals surface area contributed by atoms with E-state index in [-0.39, 0.29) is 5.91 Å². The fraction of sp³-hybridized carbons (Fsp3) is 0.120. The average molecular weight is 445 g/mol. The Morgan fingerprint density at radius 3 is 2.56 bits per heavy atom. The number of anilines is 1. The number of hydrogen-bond donors (Lipinski definition) is 1. The Balaban J connectivity index is 1.55. The first-order valence-electron chi connectivity index (χ1n) is 10.1. The molecule has 1 amide bonds. The molecule has 0 aliphatic rings. The summed E-state index contributed by atoms with van der Waals surface area (Å²) < 4.78 is 9.14. The SMILES string of the molecule is COc1ccc(NC(=O)c2ccc3c(c2)c(-c2cc4ccccc4n2C)nn3C)cc1Cl. The van der Waals surface area contributed by atoms with Crippen LogP contribution in [0.1, 0.15) is 10.4 Å². The standard InChI is InChI=1S/C25H21ClN4O2/c1-29-20-7-5-4-6-15(20)13-22(29)24-18-12-16(8-10-21(18)30(2)28-24)25(31)27-17-9-11-23(32-3)19(26)14-17/h4-14H,1-3H3,(H,27,31). The van der Waals surface area contributed by atoms with Crippen LogP contribution in [0.25, 0.3) is 33.2 Å². The molecule has 0 bridgehead atoms. The maximum Gasteiger partial charge on any atom is 0.255 e. The van der Waals surface area contributed by atoms with Crippen molar-refractivity contribution in [3.05, 3.63) is 77.3 Å². The molecule has 160 valence electrons. The van der Waals surface area contributed by atoms with E-state index in [0.29, 0.717) is 22.0 Å². The van der Waals surface area contributed by atoms with Gasteiger partial charge in [-0.3, -0.25) is 9.48 Å². The minimum Gasteiger partial charge on any atom is -0.495 e. The number of nitrogens with zero attached hydrogens (tertiary/aromatic N) is 3. The number of para-hydroxylation sites is 1. The van der Waals surface area contributed by atoms with E-state index in [9.17, 15) is 4.79 Å². The number of fused-ring (bicyclic) bond motifs is 2. The number of hydrogen-bond acceptors (Lipinski definition) is 3. The molecule has 2 aromatic heterocycles. The van der Waals surface area contributed by atoms with Crippen LogP contribution in [0.2, 0.25) is 5.02 Å². The van der Waals surface area contributed by atoms with Crippen LogP contribution in [0, 0.1) is 0 Å². The molecule has 2 heterocycles. The lowest BCUT2D eigenvalue weighted by atomic mass is 10.1. The summed E-state index contributed by atoms with van der Waals surface area (Å²) in [5.41, 5.74) is 5.05. The molecular weight excluding hydrogens is 424 g/mol. The molecular formula is C25H21ClN4O2. The number of amides is 1. The first kappa shape index (κ1) is 20.2. The lowest BCUT2D eigenvalue weighted by Crippen LogP contribution is -2.11. The van der Waals surface area contributed by atoms with Crippen molar-refractivity contribution in [2.75, 3.05) is 12.4 Å². The monoisotopic (exact) mass is 444 g/mol. The number of benzene rings is 3. The first-order valence-corrected chi connectivity index (χ1v) is 10.5. The summed E-state index contributed by atoms with van der Waals surface area (Å²) in [6, 6.07) is 21.1. The number of carbonyl (C=O) groups excluding carboxylic acids is 1. The van der Waals surface area contributed by atoms with Gasteiger partial charge in [-0.15, -0.1) is 0 Å². The van der Waals surface area contributed by atoms with Crippen LogP contribution in [0.4, 0.5) is 5.69 Å². The molecule has 0 spiro atoms. The maximum atomic E-state index is 13.0. The molecule has 3 aromatic carbocycles. The highest BCUT2D eigenvalue weighted by atomic mass is 35.5. The summed E-state index contributed by atoms with van der Waals surface area (Å²) in [5.74, 6) is 0.334. The van der Waals surface area contributed by atoms with Crippen molar-refractivity contribution >= 4 is 45.0 Å². The van der Waals surface area contributed by atoms with Crippen molar-refractivity contribution < 1.29 is 9.53 Å². The second kappa shape index (κ2) is 7.73. The highest BCUT2D eigenvalue weighted by molar-refractivity contribution is 6.32. The molecule has 0 radical (unpaired) electrons. The minimum absolute atomic E-state index is 0.222. The van der Waals surface area contributed by atoms with Gasteiger partial charge in [-0.25, -0.2) is 0 Å². The molecule has 0 unspecified atom stereocenters. The van der Waals surface area contributed by atoms with Crippen molar-refractivity contribution in [2.45, 2.75) is 0 Å². The zero-order valence-corrected chi connectivity index (χ0v) is 18.6. The quantitative estimate of drug-likeness (QED) is 0.390. The Bertz CT molecular complexity index is 1500. The predicted octanol–water partition coefficient (Wildman–Crippen LogP) is 5.65. The highest BCUT2D eigenvalue weighted by Gasteiger charge is 2.17. The summed E-state index contributed by atoms with van der Waals surface area (Å²) in [6.45, 7) is 0. The van der Waals surface area contributed by atoms with Gasteiger partial charge in [0.25, 0.3) is 5.91 Å². The third kappa shape index (κ3) is 3.29. The van der Waals surface area contributed by atoms with Gasteiger partial charge in [0, 0.05) is 41.6 Å². The maximum absolute atomic E-state index is 13.0. The molecule has 0 aliphatic heterocycles. The zero-order valence-electron chi connectivity index (χ0n) is 17.9. The molecule has 0 saturated carbocycles. The van der Waals surface area contributed by atoms with Crippen LogP contribution in [-0.2, 0) is 14.1 Å². The molecule has 0 fully saturated rings. The van der Waals surface area contributed by atoms with E-state index in [2.05, 4.69) is 28.1 Å². The minimum atomic E-state index is -0.222. The number of carbonyl (C=O) groups is 1. The van der Waals surface area contributed by atoms with Crippen molar-refractivity contribution in [1.29, 1.82) is 0 Å².